The molecule has 0 aliphatic carbocycles. The summed E-state index contributed by atoms with van der Waals surface area (Å²) in [5.74, 6) is -1.72. The Morgan fingerprint density at radius 1 is 1.24 bits per heavy atom. The largest absolute Gasteiger partial charge is 0.376 e. The van der Waals surface area contributed by atoms with Crippen LogP contribution in [0.2, 0.25) is 0 Å². The number of hydrogen-bond acceptors (Lipinski definition) is 3. The van der Waals surface area contributed by atoms with E-state index in [1.807, 2.05) is 36.0 Å². The van der Waals surface area contributed by atoms with Crippen LogP contribution in [0.15, 0.2) is 18.3 Å². The molecular weight excluding hydrogens is 224 g/mol. The van der Waals surface area contributed by atoms with Gasteiger partial charge in [-0.3, -0.25) is 0 Å². The first kappa shape index (κ1) is 12.1. The standard InChI is InChI=1S/C12H17F2N3/c1-16(2)10-3-4-11(15-9-10)17-7-5-12(13,14)6-8-17/h3-4,9H,5-8H2,1-2H3. The maximum Gasteiger partial charge on any atom is 0.251 e. The summed E-state index contributed by atoms with van der Waals surface area (Å²) in [6.07, 6.45) is 1.61. The number of anilines is 2. The van der Waals surface area contributed by atoms with Gasteiger partial charge in [-0.1, -0.05) is 0 Å². The first-order chi connectivity index (χ1) is 7.98. The van der Waals surface area contributed by atoms with Gasteiger partial charge in [-0.15, -0.1) is 0 Å². The molecule has 0 radical (unpaired) electrons. The average Bonchev–Trinajstić information content (AvgIpc) is 2.29. The van der Waals surface area contributed by atoms with E-state index in [-0.39, 0.29) is 12.8 Å². The van der Waals surface area contributed by atoms with E-state index in [9.17, 15) is 8.78 Å². The van der Waals surface area contributed by atoms with Gasteiger partial charge in [0.25, 0.3) is 5.92 Å². The van der Waals surface area contributed by atoms with Crippen LogP contribution in [-0.4, -0.2) is 38.1 Å². The average molecular weight is 241 g/mol. The lowest BCUT2D eigenvalue weighted by Gasteiger charge is -2.32. The highest BCUT2D eigenvalue weighted by molar-refractivity contribution is 5.49. The minimum atomic E-state index is -2.50. The Kier molecular flexibility index (Phi) is 3.17. The second-order valence-electron chi connectivity index (χ2n) is 4.61. The van der Waals surface area contributed by atoms with Gasteiger partial charge in [0.15, 0.2) is 0 Å². The van der Waals surface area contributed by atoms with Gasteiger partial charge in [-0.2, -0.15) is 0 Å². The van der Waals surface area contributed by atoms with Crippen LogP contribution in [0.3, 0.4) is 0 Å². The number of nitrogens with zero attached hydrogens (tertiary/aromatic N) is 3. The van der Waals surface area contributed by atoms with Crippen LogP contribution in [0, 0.1) is 0 Å². The van der Waals surface area contributed by atoms with E-state index in [0.717, 1.165) is 11.5 Å². The van der Waals surface area contributed by atoms with E-state index in [1.54, 1.807) is 6.20 Å². The molecule has 0 amide bonds. The molecule has 94 valence electrons. The third-order valence-electron chi connectivity index (χ3n) is 3.07. The molecule has 1 saturated heterocycles. The molecule has 0 spiro atoms. The van der Waals surface area contributed by atoms with E-state index in [2.05, 4.69) is 4.98 Å². The predicted octanol–water partition coefficient (Wildman–Crippen LogP) is 2.38. The summed E-state index contributed by atoms with van der Waals surface area (Å²) in [5.41, 5.74) is 1.01. The maximum absolute atomic E-state index is 13.0. The molecule has 3 nitrogen and oxygen atoms in total. The van der Waals surface area contributed by atoms with Gasteiger partial charge >= 0.3 is 0 Å². The van der Waals surface area contributed by atoms with Crippen molar-refractivity contribution < 1.29 is 8.78 Å². The SMILES string of the molecule is CN(C)c1ccc(N2CCC(F)(F)CC2)nc1. The predicted molar refractivity (Wildman–Crippen MR) is 65.0 cm³/mol. The molecule has 0 unspecified atom stereocenters. The van der Waals surface area contributed by atoms with Crippen molar-refractivity contribution in [3.05, 3.63) is 18.3 Å². The Morgan fingerprint density at radius 2 is 1.88 bits per heavy atom. The van der Waals surface area contributed by atoms with Crippen LogP contribution < -0.4 is 9.80 Å². The molecule has 2 rings (SSSR count). The first-order valence-electron chi connectivity index (χ1n) is 5.74. The first-order valence-corrected chi connectivity index (χ1v) is 5.74. The van der Waals surface area contributed by atoms with Crippen LogP contribution in [-0.2, 0) is 0 Å². The number of rotatable bonds is 2. The topological polar surface area (TPSA) is 19.4 Å². The second kappa shape index (κ2) is 4.47. The fourth-order valence-corrected chi connectivity index (χ4v) is 1.89. The summed E-state index contributed by atoms with van der Waals surface area (Å²) in [4.78, 5) is 8.18. The summed E-state index contributed by atoms with van der Waals surface area (Å²) in [5, 5.41) is 0. The normalized spacial score (nSPS) is 19.2. The quantitative estimate of drug-likeness (QED) is 0.792. The number of aromatic nitrogens is 1. The van der Waals surface area contributed by atoms with Crippen LogP contribution in [0.25, 0.3) is 0 Å². The van der Waals surface area contributed by atoms with Crippen molar-refractivity contribution in [2.75, 3.05) is 37.0 Å². The van der Waals surface area contributed by atoms with Crippen LogP contribution in [0.1, 0.15) is 12.8 Å². The lowest BCUT2D eigenvalue weighted by molar-refractivity contribution is -0.0221. The summed E-state index contributed by atoms with van der Waals surface area (Å²) >= 11 is 0. The molecule has 1 aliphatic heterocycles. The number of pyridine rings is 1. The van der Waals surface area contributed by atoms with Gasteiger partial charge in [0.1, 0.15) is 5.82 Å². The van der Waals surface area contributed by atoms with Gasteiger partial charge in [0.2, 0.25) is 0 Å². The smallest absolute Gasteiger partial charge is 0.251 e. The molecule has 1 aliphatic rings. The molecule has 1 fully saturated rings. The van der Waals surface area contributed by atoms with Crippen molar-refractivity contribution in [3.8, 4) is 0 Å². The monoisotopic (exact) mass is 241 g/mol. The lowest BCUT2D eigenvalue weighted by atomic mass is 10.1. The number of halogens is 2. The van der Waals surface area contributed by atoms with Gasteiger partial charge < -0.3 is 9.80 Å². The molecule has 1 aromatic heterocycles. The highest BCUT2D eigenvalue weighted by Gasteiger charge is 2.34. The fourth-order valence-electron chi connectivity index (χ4n) is 1.89. The Balaban J connectivity index is 2.04. The minimum Gasteiger partial charge on any atom is -0.376 e. The zero-order valence-electron chi connectivity index (χ0n) is 10.2. The highest BCUT2D eigenvalue weighted by Crippen LogP contribution is 2.29. The Hall–Kier alpha value is -1.39. The molecule has 1 aromatic rings. The van der Waals surface area contributed by atoms with E-state index in [0.29, 0.717) is 13.1 Å². The molecule has 0 atom stereocenters. The van der Waals surface area contributed by atoms with Crippen molar-refractivity contribution in [3.63, 3.8) is 0 Å². The highest BCUT2D eigenvalue weighted by atomic mass is 19.3. The third kappa shape index (κ3) is 2.84. The molecule has 2 heterocycles. The molecule has 0 bridgehead atoms. The van der Waals surface area contributed by atoms with Crippen molar-refractivity contribution in [1.29, 1.82) is 0 Å². The van der Waals surface area contributed by atoms with Gasteiger partial charge in [0.05, 0.1) is 11.9 Å². The number of hydrogen-bond donors (Lipinski definition) is 0. The number of piperidine rings is 1. The molecule has 0 aromatic carbocycles. The van der Waals surface area contributed by atoms with Gasteiger partial charge in [-0.25, -0.2) is 13.8 Å². The molecule has 0 saturated carbocycles. The van der Waals surface area contributed by atoms with Crippen molar-refractivity contribution >= 4 is 11.5 Å². The van der Waals surface area contributed by atoms with Gasteiger partial charge in [0, 0.05) is 40.0 Å². The van der Waals surface area contributed by atoms with E-state index in [4.69, 9.17) is 0 Å². The van der Waals surface area contributed by atoms with Crippen LogP contribution in [0.4, 0.5) is 20.3 Å². The maximum atomic E-state index is 13.0. The summed E-state index contributed by atoms with van der Waals surface area (Å²) in [6, 6.07) is 3.84. The molecular formula is C12H17F2N3. The third-order valence-corrected chi connectivity index (χ3v) is 3.07. The van der Waals surface area contributed by atoms with E-state index in [1.165, 1.54) is 0 Å². The zero-order valence-corrected chi connectivity index (χ0v) is 10.2. The molecule has 0 N–H and O–H groups in total. The summed E-state index contributed by atoms with van der Waals surface area (Å²) in [6.45, 7) is 0.753. The minimum absolute atomic E-state index is 0.0793. The van der Waals surface area contributed by atoms with E-state index < -0.39 is 5.92 Å². The lowest BCUT2D eigenvalue weighted by Crippen LogP contribution is -2.39. The Bertz CT molecular complexity index is 366. The molecule has 17 heavy (non-hydrogen) atoms. The molecule has 5 heteroatoms. The van der Waals surface area contributed by atoms with Crippen LogP contribution in [0.5, 0.6) is 0 Å². The number of alkyl halides is 2. The van der Waals surface area contributed by atoms with Crippen molar-refractivity contribution in [2.24, 2.45) is 0 Å². The van der Waals surface area contributed by atoms with Crippen molar-refractivity contribution in [1.82, 2.24) is 4.98 Å². The Morgan fingerprint density at radius 3 is 2.35 bits per heavy atom. The van der Waals surface area contributed by atoms with E-state index >= 15 is 0 Å². The van der Waals surface area contributed by atoms with Crippen molar-refractivity contribution in [2.45, 2.75) is 18.8 Å². The summed E-state index contributed by atoms with van der Waals surface area (Å²) < 4.78 is 26.0. The second-order valence-corrected chi connectivity index (χ2v) is 4.61. The Labute approximate surface area is 100 Å². The van der Waals surface area contributed by atoms with Gasteiger partial charge in [-0.05, 0) is 12.1 Å². The zero-order chi connectivity index (χ0) is 12.5. The van der Waals surface area contributed by atoms with Crippen LogP contribution >= 0.6 is 0 Å². The fraction of sp³-hybridized carbons (Fsp3) is 0.583. The summed E-state index contributed by atoms with van der Waals surface area (Å²) in [7, 11) is 3.89.